The van der Waals surface area contributed by atoms with E-state index in [0.717, 1.165) is 10.6 Å². The Labute approximate surface area is 105 Å². The highest BCUT2D eigenvalue weighted by Crippen LogP contribution is 2.31. The number of likely N-dealkylation sites (N-methyl/N-ethyl adjacent to an activating group) is 1. The minimum atomic E-state index is 0.0667. The van der Waals surface area contributed by atoms with E-state index in [1.54, 1.807) is 36.0 Å². The molecule has 17 heavy (non-hydrogen) atoms. The number of amides is 1. The van der Waals surface area contributed by atoms with E-state index < -0.39 is 0 Å². The van der Waals surface area contributed by atoms with E-state index in [1.165, 1.54) is 0 Å². The molecule has 1 aliphatic heterocycles. The predicted molar refractivity (Wildman–Crippen MR) is 70.1 cm³/mol. The fourth-order valence-corrected chi connectivity index (χ4v) is 2.98. The van der Waals surface area contributed by atoms with E-state index in [4.69, 9.17) is 0 Å². The average molecular weight is 249 g/mol. The quantitative estimate of drug-likeness (QED) is 0.802. The second-order valence-electron chi connectivity index (χ2n) is 4.05. The van der Waals surface area contributed by atoms with Gasteiger partial charge in [0.25, 0.3) is 0 Å². The summed E-state index contributed by atoms with van der Waals surface area (Å²) in [6.07, 6.45) is 3.54. The summed E-state index contributed by atoms with van der Waals surface area (Å²) in [7, 11) is 1.82. The third-order valence-corrected chi connectivity index (χ3v) is 4.27. The maximum atomic E-state index is 11.4. The van der Waals surface area contributed by atoms with E-state index in [-0.39, 0.29) is 17.3 Å². The molecule has 0 N–H and O–H groups in total. The van der Waals surface area contributed by atoms with Gasteiger partial charge in [0.05, 0.1) is 6.04 Å². The minimum Gasteiger partial charge on any atom is -0.331 e. The first-order chi connectivity index (χ1) is 8.09. The van der Waals surface area contributed by atoms with Crippen molar-refractivity contribution in [1.82, 2.24) is 9.88 Å². The van der Waals surface area contributed by atoms with Crippen molar-refractivity contribution >= 4 is 22.7 Å². The van der Waals surface area contributed by atoms with E-state index in [1.807, 2.05) is 26.1 Å². The predicted octanol–water partition coefficient (Wildman–Crippen LogP) is 1.77. The van der Waals surface area contributed by atoms with Crippen LogP contribution in [0.5, 0.6) is 0 Å². The Morgan fingerprint density at radius 2 is 2.29 bits per heavy atom. The van der Waals surface area contributed by atoms with Crippen LogP contribution in [0.25, 0.3) is 0 Å². The molecule has 0 aliphatic carbocycles. The number of thioether (sulfide) groups is 1. The smallest absolute Gasteiger partial charge is 0.220 e. The van der Waals surface area contributed by atoms with Crippen molar-refractivity contribution in [2.24, 2.45) is 4.99 Å². The molecule has 0 bridgehead atoms. The largest absolute Gasteiger partial charge is 0.331 e. The molecule has 0 fully saturated rings. The maximum Gasteiger partial charge on any atom is 0.220 e. The van der Waals surface area contributed by atoms with Crippen molar-refractivity contribution in [2.75, 3.05) is 7.05 Å². The Kier molecular flexibility index (Phi) is 3.47. The molecule has 0 aromatic carbocycles. The van der Waals surface area contributed by atoms with Crippen LogP contribution in [0.4, 0.5) is 0 Å². The Bertz CT molecular complexity index is 446. The highest BCUT2D eigenvalue weighted by atomic mass is 32.2. The van der Waals surface area contributed by atoms with Gasteiger partial charge in [-0.25, -0.2) is 0 Å². The van der Waals surface area contributed by atoms with Crippen LogP contribution in [0, 0.1) is 0 Å². The van der Waals surface area contributed by atoms with E-state index >= 15 is 0 Å². The molecule has 0 radical (unpaired) electrons. The average Bonchev–Trinajstić information content (AvgIpc) is 2.71. The zero-order valence-corrected chi connectivity index (χ0v) is 10.9. The zero-order chi connectivity index (χ0) is 12.4. The van der Waals surface area contributed by atoms with Gasteiger partial charge in [0.15, 0.2) is 0 Å². The first kappa shape index (κ1) is 12.1. The van der Waals surface area contributed by atoms with Crippen molar-refractivity contribution in [3.8, 4) is 0 Å². The Balaban J connectivity index is 2.16. The maximum absolute atomic E-state index is 11.4. The van der Waals surface area contributed by atoms with Crippen LogP contribution in [-0.4, -0.2) is 39.3 Å². The van der Waals surface area contributed by atoms with Gasteiger partial charge in [-0.15, -0.1) is 0 Å². The number of pyridine rings is 1. The van der Waals surface area contributed by atoms with Crippen LogP contribution in [0.15, 0.2) is 29.5 Å². The lowest BCUT2D eigenvalue weighted by Crippen LogP contribution is -2.37. The Morgan fingerprint density at radius 3 is 2.88 bits per heavy atom. The Hall–Kier alpha value is -1.36. The first-order valence-electron chi connectivity index (χ1n) is 5.48. The molecule has 2 atom stereocenters. The van der Waals surface area contributed by atoms with E-state index in [2.05, 4.69) is 9.98 Å². The lowest BCUT2D eigenvalue weighted by Gasteiger charge is -2.24. The summed E-state index contributed by atoms with van der Waals surface area (Å²) in [5, 5.41) is 1.05. The number of rotatable bonds is 2. The van der Waals surface area contributed by atoms with Crippen molar-refractivity contribution in [2.45, 2.75) is 25.3 Å². The van der Waals surface area contributed by atoms with Crippen LogP contribution < -0.4 is 0 Å². The number of carbonyl (C=O) groups is 1. The third kappa shape index (κ3) is 2.49. The molecule has 0 saturated heterocycles. The van der Waals surface area contributed by atoms with Crippen LogP contribution in [0.3, 0.4) is 0 Å². The standard InChI is InChI=1S/C12H15N3OS/c1-8-12(15(3)9(2)16)17-11(14-8)10-5-4-6-13-7-10/h4-8,12H,1-3H3. The summed E-state index contributed by atoms with van der Waals surface area (Å²) in [5.74, 6) is 0.0667. The molecule has 2 rings (SSSR count). The summed E-state index contributed by atoms with van der Waals surface area (Å²) in [4.78, 5) is 21.8. The summed E-state index contributed by atoms with van der Waals surface area (Å²) < 4.78 is 0. The molecule has 1 aromatic rings. The van der Waals surface area contributed by atoms with Crippen LogP contribution in [-0.2, 0) is 4.79 Å². The van der Waals surface area contributed by atoms with Gasteiger partial charge in [0, 0.05) is 31.9 Å². The number of hydrogen-bond acceptors (Lipinski definition) is 4. The van der Waals surface area contributed by atoms with Crippen LogP contribution >= 0.6 is 11.8 Å². The number of aliphatic imine (C=N–C) groups is 1. The van der Waals surface area contributed by atoms with Gasteiger partial charge in [-0.3, -0.25) is 14.8 Å². The molecule has 2 heterocycles. The van der Waals surface area contributed by atoms with Gasteiger partial charge in [-0.2, -0.15) is 0 Å². The Morgan fingerprint density at radius 1 is 1.53 bits per heavy atom. The summed E-state index contributed by atoms with van der Waals surface area (Å²) in [5.41, 5.74) is 1.02. The first-order valence-corrected chi connectivity index (χ1v) is 6.36. The second kappa shape index (κ2) is 4.87. The van der Waals surface area contributed by atoms with Gasteiger partial charge >= 0.3 is 0 Å². The van der Waals surface area contributed by atoms with E-state index in [0.29, 0.717) is 0 Å². The molecule has 0 spiro atoms. The highest BCUT2D eigenvalue weighted by Gasteiger charge is 2.31. The lowest BCUT2D eigenvalue weighted by atomic mass is 10.3. The van der Waals surface area contributed by atoms with Gasteiger partial charge in [0.2, 0.25) is 5.91 Å². The number of nitrogens with zero attached hydrogens (tertiary/aromatic N) is 3. The number of hydrogen-bond donors (Lipinski definition) is 0. The van der Waals surface area contributed by atoms with Crippen molar-refractivity contribution in [1.29, 1.82) is 0 Å². The van der Waals surface area contributed by atoms with Crippen LogP contribution in [0.1, 0.15) is 19.4 Å². The minimum absolute atomic E-state index is 0.0667. The lowest BCUT2D eigenvalue weighted by molar-refractivity contribution is -0.128. The number of aromatic nitrogens is 1. The molecule has 90 valence electrons. The molecule has 5 heteroatoms. The van der Waals surface area contributed by atoms with Crippen molar-refractivity contribution in [3.63, 3.8) is 0 Å². The fraction of sp³-hybridized carbons (Fsp3) is 0.417. The molecular weight excluding hydrogens is 234 g/mol. The van der Waals surface area contributed by atoms with Gasteiger partial charge < -0.3 is 4.90 Å². The second-order valence-corrected chi connectivity index (χ2v) is 5.16. The van der Waals surface area contributed by atoms with Gasteiger partial charge in [-0.05, 0) is 19.1 Å². The highest BCUT2D eigenvalue weighted by molar-refractivity contribution is 8.15. The van der Waals surface area contributed by atoms with Crippen LogP contribution in [0.2, 0.25) is 0 Å². The SMILES string of the molecule is CC(=O)N(C)C1SC(c2cccnc2)=NC1C. The molecule has 4 nitrogen and oxygen atoms in total. The molecule has 1 aromatic heterocycles. The van der Waals surface area contributed by atoms with Crippen molar-refractivity contribution in [3.05, 3.63) is 30.1 Å². The summed E-state index contributed by atoms with van der Waals surface area (Å²) in [6, 6.07) is 4.00. The molecule has 2 unspecified atom stereocenters. The summed E-state index contributed by atoms with van der Waals surface area (Å²) in [6.45, 7) is 3.61. The third-order valence-electron chi connectivity index (χ3n) is 2.75. The molecular formula is C12H15N3OS. The van der Waals surface area contributed by atoms with E-state index in [9.17, 15) is 4.79 Å². The number of carbonyl (C=O) groups excluding carboxylic acids is 1. The molecule has 1 aliphatic rings. The topological polar surface area (TPSA) is 45.6 Å². The van der Waals surface area contributed by atoms with Crippen molar-refractivity contribution < 1.29 is 4.79 Å². The normalized spacial score (nSPS) is 23.4. The molecule has 0 saturated carbocycles. The zero-order valence-electron chi connectivity index (χ0n) is 10.1. The van der Waals surface area contributed by atoms with Gasteiger partial charge in [0.1, 0.15) is 10.4 Å². The molecule has 1 amide bonds. The summed E-state index contributed by atoms with van der Waals surface area (Å²) >= 11 is 1.62. The van der Waals surface area contributed by atoms with Gasteiger partial charge in [-0.1, -0.05) is 11.8 Å². The fourth-order valence-electron chi connectivity index (χ4n) is 1.71. The monoisotopic (exact) mass is 249 g/mol.